The predicted molar refractivity (Wildman–Crippen MR) is 97.3 cm³/mol. The zero-order valence-corrected chi connectivity index (χ0v) is 15.9. The van der Waals surface area contributed by atoms with E-state index in [4.69, 9.17) is 12.2 Å². The Morgan fingerprint density at radius 2 is 2.17 bits per heavy atom. The normalized spacial score (nSPS) is 26.3. The fourth-order valence-corrected chi connectivity index (χ4v) is 4.87. The predicted octanol–water partition coefficient (Wildman–Crippen LogP) is 3.79. The van der Waals surface area contributed by atoms with Crippen molar-refractivity contribution in [3.8, 4) is 0 Å². The van der Waals surface area contributed by atoms with E-state index >= 15 is 0 Å². The van der Waals surface area contributed by atoms with Gasteiger partial charge in [-0.15, -0.1) is 0 Å². The van der Waals surface area contributed by atoms with Crippen LogP contribution in [0.4, 0.5) is 0 Å². The zero-order chi connectivity index (χ0) is 17.3. The van der Waals surface area contributed by atoms with Gasteiger partial charge in [0.15, 0.2) is 4.77 Å². The van der Waals surface area contributed by atoms with Crippen molar-refractivity contribution in [2.45, 2.75) is 71.8 Å². The molecule has 0 bridgehead atoms. The van der Waals surface area contributed by atoms with Gasteiger partial charge in [-0.2, -0.15) is 5.10 Å². The lowest BCUT2D eigenvalue weighted by Crippen LogP contribution is -2.33. The second kappa shape index (κ2) is 6.98. The van der Waals surface area contributed by atoms with Crippen molar-refractivity contribution < 1.29 is 4.79 Å². The quantitative estimate of drug-likeness (QED) is 0.767. The van der Waals surface area contributed by atoms with Crippen LogP contribution in [0.15, 0.2) is 0 Å². The van der Waals surface area contributed by atoms with Crippen molar-refractivity contribution >= 4 is 18.1 Å². The Hall–Kier alpha value is -1.17. The van der Waals surface area contributed by atoms with Crippen molar-refractivity contribution in [3.05, 3.63) is 10.6 Å². The molecule has 1 heterocycles. The highest BCUT2D eigenvalue weighted by molar-refractivity contribution is 7.71. The van der Waals surface area contributed by atoms with Crippen LogP contribution in [0.1, 0.15) is 71.2 Å². The average Bonchev–Trinajstić information content (AvgIpc) is 3.21. The molecule has 1 amide bonds. The van der Waals surface area contributed by atoms with Crippen molar-refractivity contribution in [2.24, 2.45) is 17.3 Å². The Labute approximate surface area is 149 Å². The molecule has 2 aliphatic carbocycles. The van der Waals surface area contributed by atoms with Crippen molar-refractivity contribution in [1.29, 1.82) is 0 Å². The van der Waals surface area contributed by atoms with E-state index in [0.29, 0.717) is 35.1 Å². The maximum atomic E-state index is 12.3. The highest BCUT2D eigenvalue weighted by atomic mass is 32.1. The van der Waals surface area contributed by atoms with Gasteiger partial charge in [0.1, 0.15) is 5.82 Å². The van der Waals surface area contributed by atoms with Crippen LogP contribution >= 0.6 is 12.2 Å². The SMILES string of the molecule is C[C@@H]1C[C@@H](CC(=O)NCCc2n[nH]c(=S)n2C2CC2)CC(C)(C)C1. The van der Waals surface area contributed by atoms with Gasteiger partial charge in [-0.05, 0) is 61.6 Å². The molecule has 5 nitrogen and oxygen atoms in total. The summed E-state index contributed by atoms with van der Waals surface area (Å²) >= 11 is 5.29. The number of hydrogen-bond acceptors (Lipinski definition) is 3. The lowest BCUT2D eigenvalue weighted by atomic mass is 9.67. The van der Waals surface area contributed by atoms with Crippen molar-refractivity contribution in [2.75, 3.05) is 6.54 Å². The summed E-state index contributed by atoms with van der Waals surface area (Å²) in [7, 11) is 0. The number of carbonyl (C=O) groups excluding carboxylic acids is 1. The first-order chi connectivity index (χ1) is 11.3. The molecule has 0 unspecified atom stereocenters. The zero-order valence-electron chi connectivity index (χ0n) is 15.1. The van der Waals surface area contributed by atoms with Crippen LogP contribution in [0.2, 0.25) is 0 Å². The average molecular weight is 351 g/mol. The van der Waals surface area contributed by atoms with Crippen LogP contribution in [0.25, 0.3) is 0 Å². The molecular formula is C18H30N4OS. The Morgan fingerprint density at radius 3 is 2.83 bits per heavy atom. The first-order valence-electron chi connectivity index (χ1n) is 9.26. The van der Waals surface area contributed by atoms with E-state index in [2.05, 4.69) is 40.9 Å². The summed E-state index contributed by atoms with van der Waals surface area (Å²) in [5, 5.41) is 10.3. The molecule has 3 rings (SSSR count). The van der Waals surface area contributed by atoms with Gasteiger partial charge in [0, 0.05) is 25.4 Å². The number of H-pyrrole nitrogens is 1. The summed E-state index contributed by atoms with van der Waals surface area (Å²) in [6.45, 7) is 7.60. The standard InChI is InChI=1S/C18H30N4OS/c1-12-8-13(11-18(2,3)10-12)9-16(23)19-7-6-15-20-21-17(24)22(15)14-4-5-14/h12-14H,4-11H2,1-3H3,(H,19,23)(H,21,24)/t12-,13+/m1/s1. The van der Waals surface area contributed by atoms with Crippen molar-refractivity contribution in [3.63, 3.8) is 0 Å². The molecule has 2 saturated carbocycles. The highest BCUT2D eigenvalue weighted by Gasteiger charge is 2.33. The van der Waals surface area contributed by atoms with E-state index in [1.54, 1.807) is 0 Å². The summed E-state index contributed by atoms with van der Waals surface area (Å²) in [6.07, 6.45) is 7.37. The topological polar surface area (TPSA) is 62.7 Å². The van der Waals surface area contributed by atoms with Crippen molar-refractivity contribution in [1.82, 2.24) is 20.1 Å². The lowest BCUT2D eigenvalue weighted by molar-refractivity contribution is -0.122. The molecule has 2 N–H and O–H groups in total. The summed E-state index contributed by atoms with van der Waals surface area (Å²) in [5.74, 6) is 2.38. The minimum atomic E-state index is 0.178. The number of amides is 1. The van der Waals surface area contributed by atoms with E-state index in [0.717, 1.165) is 24.6 Å². The molecule has 0 spiro atoms. The largest absolute Gasteiger partial charge is 0.356 e. The Bertz CT molecular complexity index is 644. The third-order valence-electron chi connectivity index (χ3n) is 5.31. The van der Waals surface area contributed by atoms with Crippen LogP contribution in [0.5, 0.6) is 0 Å². The summed E-state index contributed by atoms with van der Waals surface area (Å²) in [6, 6.07) is 0.521. The van der Waals surface area contributed by atoms with Gasteiger partial charge >= 0.3 is 0 Å². The summed E-state index contributed by atoms with van der Waals surface area (Å²) in [5.41, 5.74) is 0.368. The van der Waals surface area contributed by atoms with E-state index < -0.39 is 0 Å². The van der Waals surface area contributed by atoms with Gasteiger partial charge < -0.3 is 9.88 Å². The Balaban J connectivity index is 1.45. The molecule has 2 fully saturated rings. The highest BCUT2D eigenvalue weighted by Crippen LogP contribution is 2.42. The van der Waals surface area contributed by atoms with Gasteiger partial charge in [-0.25, -0.2) is 0 Å². The van der Waals surface area contributed by atoms with Gasteiger partial charge in [0.2, 0.25) is 5.91 Å². The summed E-state index contributed by atoms with van der Waals surface area (Å²) in [4.78, 5) is 12.3. The van der Waals surface area contributed by atoms with Gasteiger partial charge in [-0.1, -0.05) is 20.8 Å². The van der Waals surface area contributed by atoms with Crippen LogP contribution in [-0.4, -0.2) is 27.2 Å². The number of aromatic amines is 1. The van der Waals surface area contributed by atoms with E-state index in [1.807, 2.05) is 0 Å². The minimum Gasteiger partial charge on any atom is -0.356 e. The van der Waals surface area contributed by atoms with Crippen LogP contribution in [0.3, 0.4) is 0 Å². The number of aromatic nitrogens is 3. The Morgan fingerprint density at radius 1 is 1.42 bits per heavy atom. The molecule has 134 valence electrons. The van der Waals surface area contributed by atoms with Gasteiger partial charge in [0.25, 0.3) is 0 Å². The molecule has 0 aromatic carbocycles. The molecular weight excluding hydrogens is 320 g/mol. The first-order valence-corrected chi connectivity index (χ1v) is 9.67. The number of rotatable bonds is 6. The van der Waals surface area contributed by atoms with Gasteiger partial charge in [-0.3, -0.25) is 9.89 Å². The second-order valence-corrected chi connectivity index (χ2v) is 9.02. The molecule has 2 atom stereocenters. The molecule has 0 aliphatic heterocycles. The smallest absolute Gasteiger partial charge is 0.220 e. The number of carbonyl (C=O) groups is 1. The molecule has 0 radical (unpaired) electrons. The molecule has 1 aromatic rings. The lowest BCUT2D eigenvalue weighted by Gasteiger charge is -2.38. The fraction of sp³-hybridized carbons (Fsp3) is 0.833. The maximum Gasteiger partial charge on any atom is 0.220 e. The van der Waals surface area contributed by atoms with Crippen LogP contribution in [-0.2, 0) is 11.2 Å². The Kier molecular flexibility index (Phi) is 5.13. The summed E-state index contributed by atoms with van der Waals surface area (Å²) < 4.78 is 2.82. The van der Waals surface area contributed by atoms with E-state index in [-0.39, 0.29) is 5.91 Å². The number of hydrogen-bond donors (Lipinski definition) is 2. The van der Waals surface area contributed by atoms with E-state index in [1.165, 1.54) is 25.7 Å². The number of nitrogens with one attached hydrogen (secondary N) is 2. The third-order valence-corrected chi connectivity index (χ3v) is 5.60. The van der Waals surface area contributed by atoms with Crippen LogP contribution < -0.4 is 5.32 Å². The maximum absolute atomic E-state index is 12.3. The first kappa shape index (κ1) is 17.6. The second-order valence-electron chi connectivity index (χ2n) is 8.63. The molecule has 2 aliphatic rings. The molecule has 0 saturated heterocycles. The molecule has 24 heavy (non-hydrogen) atoms. The molecule has 6 heteroatoms. The number of nitrogens with zero attached hydrogens (tertiary/aromatic N) is 2. The fourth-order valence-electron chi connectivity index (χ4n) is 4.57. The van der Waals surface area contributed by atoms with Gasteiger partial charge in [0.05, 0.1) is 0 Å². The minimum absolute atomic E-state index is 0.178. The van der Waals surface area contributed by atoms with E-state index in [9.17, 15) is 4.79 Å². The molecule has 1 aromatic heterocycles. The van der Waals surface area contributed by atoms with Crippen LogP contribution in [0, 0.1) is 22.0 Å². The third kappa shape index (κ3) is 4.47. The monoisotopic (exact) mass is 350 g/mol.